The van der Waals surface area contributed by atoms with Crippen LogP contribution in [0.15, 0.2) is 0 Å². The van der Waals surface area contributed by atoms with Gasteiger partial charge in [0.2, 0.25) is 0 Å². The van der Waals surface area contributed by atoms with Crippen molar-refractivity contribution in [2.75, 3.05) is 13.1 Å². The summed E-state index contributed by atoms with van der Waals surface area (Å²) in [7, 11) is 0. The van der Waals surface area contributed by atoms with Crippen LogP contribution < -0.4 is 0 Å². The van der Waals surface area contributed by atoms with Gasteiger partial charge in [-0.25, -0.2) is 0 Å². The van der Waals surface area contributed by atoms with Crippen LogP contribution in [-0.4, -0.2) is 28.1 Å². The van der Waals surface area contributed by atoms with Crippen LogP contribution in [-0.2, 0) is 0 Å². The summed E-state index contributed by atoms with van der Waals surface area (Å²) >= 11 is 2.15. The third kappa shape index (κ3) is 3.16. The van der Waals surface area contributed by atoms with Crippen LogP contribution in [0.25, 0.3) is 0 Å². The quantitative estimate of drug-likeness (QED) is 0.709. The highest BCUT2D eigenvalue weighted by atomic mass is 32.2. The Hall–Kier alpha value is 0.310. The van der Waals surface area contributed by atoms with Gasteiger partial charge in [-0.3, -0.25) is 4.90 Å². The highest BCUT2D eigenvalue weighted by Gasteiger charge is 2.39. The molecule has 0 bridgehead atoms. The van der Waals surface area contributed by atoms with Crippen LogP contribution in [0.5, 0.6) is 0 Å². The van der Waals surface area contributed by atoms with Crippen molar-refractivity contribution in [3.05, 3.63) is 0 Å². The minimum Gasteiger partial charge on any atom is -0.290 e. The van der Waals surface area contributed by atoms with Crippen molar-refractivity contribution in [2.24, 2.45) is 11.8 Å². The number of rotatable bonds is 3. The van der Waals surface area contributed by atoms with Crippen molar-refractivity contribution in [2.45, 2.75) is 51.7 Å². The van der Waals surface area contributed by atoms with E-state index in [0.717, 1.165) is 17.2 Å². The molecule has 0 aliphatic carbocycles. The molecule has 0 aromatic carbocycles. The molecule has 2 heteroatoms. The number of thioether (sulfide) groups is 1. The first-order valence-electron chi connectivity index (χ1n) is 5.74. The lowest BCUT2D eigenvalue weighted by Gasteiger charge is -2.27. The van der Waals surface area contributed by atoms with E-state index in [4.69, 9.17) is 0 Å². The summed E-state index contributed by atoms with van der Waals surface area (Å²) in [5.41, 5.74) is 0. The van der Waals surface area contributed by atoms with Crippen LogP contribution in [0.4, 0.5) is 0 Å². The summed E-state index contributed by atoms with van der Waals surface area (Å²) in [5, 5.41) is 0.729. The van der Waals surface area contributed by atoms with E-state index in [2.05, 4.69) is 58.2 Å². The first-order valence-corrected chi connectivity index (χ1v) is 6.61. The molecule has 0 amide bonds. The van der Waals surface area contributed by atoms with Gasteiger partial charge in [0.1, 0.15) is 0 Å². The van der Waals surface area contributed by atoms with Crippen molar-refractivity contribution < 1.29 is 0 Å². The Bertz CT molecular complexity index is 187. The molecule has 1 unspecified atom stereocenters. The van der Waals surface area contributed by atoms with Gasteiger partial charge in [0.05, 0.1) is 5.37 Å². The van der Waals surface area contributed by atoms with E-state index in [1.807, 2.05) is 0 Å². The second-order valence-electron chi connectivity index (χ2n) is 5.84. The number of hydrogen-bond donors (Lipinski definition) is 0. The molecule has 0 aromatic rings. The first-order chi connectivity index (χ1) is 6.32. The van der Waals surface area contributed by atoms with Gasteiger partial charge in [0, 0.05) is 17.8 Å². The van der Waals surface area contributed by atoms with Gasteiger partial charge in [0.15, 0.2) is 0 Å². The molecule has 1 fully saturated rings. The lowest BCUT2D eigenvalue weighted by molar-refractivity contribution is 0.206. The fraction of sp³-hybridized carbons (Fsp3) is 1.00. The molecule has 1 atom stereocenters. The molecule has 0 aromatic heterocycles. The Morgan fingerprint density at radius 1 is 1.29 bits per heavy atom. The Balaban J connectivity index is 2.63. The zero-order valence-corrected chi connectivity index (χ0v) is 11.3. The topological polar surface area (TPSA) is 3.24 Å². The summed E-state index contributed by atoms with van der Waals surface area (Å²) in [4.78, 5) is 2.67. The SMILES string of the molecule is CC(C)CN1CC(C)(C)SC1C(C)C. The van der Waals surface area contributed by atoms with Crippen molar-refractivity contribution in [1.82, 2.24) is 4.90 Å². The molecule has 14 heavy (non-hydrogen) atoms. The third-order valence-corrected chi connectivity index (χ3v) is 4.40. The van der Waals surface area contributed by atoms with E-state index in [1.54, 1.807) is 0 Å². The van der Waals surface area contributed by atoms with Gasteiger partial charge in [0.25, 0.3) is 0 Å². The fourth-order valence-electron chi connectivity index (χ4n) is 2.21. The zero-order chi connectivity index (χ0) is 10.9. The molecular formula is C12H25NS. The summed E-state index contributed by atoms with van der Waals surface area (Å²) < 4.78 is 0.448. The van der Waals surface area contributed by atoms with Crippen LogP contribution in [0.3, 0.4) is 0 Å². The lowest BCUT2D eigenvalue weighted by atomic mass is 10.1. The monoisotopic (exact) mass is 215 g/mol. The van der Waals surface area contributed by atoms with E-state index in [0.29, 0.717) is 4.75 Å². The van der Waals surface area contributed by atoms with Crippen LogP contribution in [0.1, 0.15) is 41.5 Å². The van der Waals surface area contributed by atoms with Crippen molar-refractivity contribution in [3.8, 4) is 0 Å². The normalized spacial score (nSPS) is 27.9. The maximum atomic E-state index is 2.67. The number of nitrogens with zero attached hydrogens (tertiary/aromatic N) is 1. The average Bonchev–Trinajstić information content (AvgIpc) is 2.24. The Morgan fingerprint density at radius 3 is 2.29 bits per heavy atom. The Morgan fingerprint density at radius 2 is 1.86 bits per heavy atom. The lowest BCUT2D eigenvalue weighted by Crippen LogP contribution is -2.36. The van der Waals surface area contributed by atoms with Gasteiger partial charge >= 0.3 is 0 Å². The van der Waals surface area contributed by atoms with E-state index >= 15 is 0 Å². The maximum Gasteiger partial charge on any atom is 0.0586 e. The average molecular weight is 215 g/mol. The molecule has 1 heterocycles. The fourth-order valence-corrected chi connectivity index (χ4v) is 3.69. The minimum atomic E-state index is 0.448. The van der Waals surface area contributed by atoms with Gasteiger partial charge in [-0.2, -0.15) is 0 Å². The van der Waals surface area contributed by atoms with E-state index in [-0.39, 0.29) is 0 Å². The van der Waals surface area contributed by atoms with Gasteiger partial charge in [-0.15, -0.1) is 11.8 Å². The minimum absolute atomic E-state index is 0.448. The van der Waals surface area contributed by atoms with E-state index < -0.39 is 0 Å². The van der Waals surface area contributed by atoms with Crippen LogP contribution >= 0.6 is 11.8 Å². The van der Waals surface area contributed by atoms with Crippen molar-refractivity contribution in [3.63, 3.8) is 0 Å². The second-order valence-corrected chi connectivity index (χ2v) is 7.66. The Kier molecular flexibility index (Phi) is 3.93. The summed E-state index contributed by atoms with van der Waals surface area (Å²) in [6.45, 7) is 16.5. The highest BCUT2D eigenvalue weighted by Crippen LogP contribution is 2.42. The molecule has 1 aliphatic rings. The smallest absolute Gasteiger partial charge is 0.0586 e. The first kappa shape index (κ1) is 12.4. The molecule has 0 N–H and O–H groups in total. The Labute approximate surface area is 93.6 Å². The summed E-state index contributed by atoms with van der Waals surface area (Å²) in [6, 6.07) is 0. The largest absolute Gasteiger partial charge is 0.290 e. The van der Waals surface area contributed by atoms with Crippen molar-refractivity contribution >= 4 is 11.8 Å². The third-order valence-electron chi connectivity index (χ3n) is 2.55. The summed E-state index contributed by atoms with van der Waals surface area (Å²) in [6.07, 6.45) is 0. The molecule has 0 saturated carbocycles. The van der Waals surface area contributed by atoms with Crippen molar-refractivity contribution in [1.29, 1.82) is 0 Å². The number of hydrogen-bond acceptors (Lipinski definition) is 2. The molecule has 1 saturated heterocycles. The second kappa shape index (κ2) is 4.44. The van der Waals surface area contributed by atoms with Crippen LogP contribution in [0, 0.1) is 11.8 Å². The molecule has 1 aliphatic heterocycles. The highest BCUT2D eigenvalue weighted by molar-refractivity contribution is 8.01. The molecule has 0 radical (unpaired) electrons. The zero-order valence-electron chi connectivity index (χ0n) is 10.5. The predicted octanol–water partition coefficient (Wildman–Crippen LogP) is 3.45. The molecule has 1 rings (SSSR count). The van der Waals surface area contributed by atoms with E-state index in [1.165, 1.54) is 13.1 Å². The van der Waals surface area contributed by atoms with Crippen LogP contribution in [0.2, 0.25) is 0 Å². The van der Waals surface area contributed by atoms with Gasteiger partial charge in [-0.1, -0.05) is 27.7 Å². The molecular weight excluding hydrogens is 190 g/mol. The molecule has 1 nitrogen and oxygen atoms in total. The van der Waals surface area contributed by atoms with E-state index in [9.17, 15) is 0 Å². The predicted molar refractivity (Wildman–Crippen MR) is 66.7 cm³/mol. The molecule has 0 spiro atoms. The standard InChI is InChI=1S/C12H25NS/c1-9(2)7-13-8-12(5,6)14-11(13)10(3)4/h9-11H,7-8H2,1-6H3. The van der Waals surface area contributed by atoms with Gasteiger partial charge < -0.3 is 0 Å². The maximum absolute atomic E-state index is 2.67. The summed E-state index contributed by atoms with van der Waals surface area (Å²) in [5.74, 6) is 1.55. The molecule has 84 valence electrons. The van der Waals surface area contributed by atoms with Gasteiger partial charge in [-0.05, 0) is 25.7 Å².